The molecule has 1 N–H and O–H groups in total. The van der Waals surface area contributed by atoms with Gasteiger partial charge in [-0.15, -0.1) is 0 Å². The summed E-state index contributed by atoms with van der Waals surface area (Å²) in [5.41, 5.74) is 0.688. The number of carbonyl (C=O) groups is 1. The third-order valence-corrected chi connectivity index (χ3v) is 3.32. The lowest BCUT2D eigenvalue weighted by Crippen LogP contribution is -2.27. The second-order valence-corrected chi connectivity index (χ2v) is 4.85. The number of halogens is 2. The third kappa shape index (κ3) is 4.72. The zero-order valence-electron chi connectivity index (χ0n) is 12.6. The number of methoxy groups -OCH3 is 1. The lowest BCUT2D eigenvalue weighted by molar-refractivity contribution is -0.117. The van der Waals surface area contributed by atoms with Crippen molar-refractivity contribution < 1.29 is 18.3 Å². The van der Waals surface area contributed by atoms with Crippen LogP contribution in [0.5, 0.6) is 0 Å². The Balaban J connectivity index is 1.96. The van der Waals surface area contributed by atoms with Crippen molar-refractivity contribution in [3.63, 3.8) is 0 Å². The molecule has 0 aliphatic rings. The standard InChI is InChI=1S/C18H17F2NO2/c1-23-17(13-6-3-2-4-7-13)12-21-18(22)11-10-14-15(19)8-5-9-16(14)20/h2-11,17H,12H2,1H3,(H,21,22)/b11-10+. The molecule has 5 heteroatoms. The zero-order valence-corrected chi connectivity index (χ0v) is 12.6. The minimum Gasteiger partial charge on any atom is -0.375 e. The maximum Gasteiger partial charge on any atom is 0.244 e. The highest BCUT2D eigenvalue weighted by Gasteiger charge is 2.11. The molecule has 23 heavy (non-hydrogen) atoms. The van der Waals surface area contributed by atoms with E-state index in [1.54, 1.807) is 7.11 Å². The Morgan fingerprint density at radius 1 is 1.13 bits per heavy atom. The number of benzene rings is 2. The van der Waals surface area contributed by atoms with Gasteiger partial charge in [0.25, 0.3) is 0 Å². The van der Waals surface area contributed by atoms with E-state index in [2.05, 4.69) is 5.32 Å². The minimum absolute atomic E-state index is 0.242. The van der Waals surface area contributed by atoms with Crippen molar-refractivity contribution in [3.8, 4) is 0 Å². The SMILES string of the molecule is COC(CNC(=O)/C=C/c1c(F)cccc1F)c1ccccc1. The van der Waals surface area contributed by atoms with Gasteiger partial charge in [0.15, 0.2) is 0 Å². The van der Waals surface area contributed by atoms with Crippen LogP contribution in [0.15, 0.2) is 54.6 Å². The van der Waals surface area contributed by atoms with Crippen LogP contribution in [0.4, 0.5) is 8.78 Å². The lowest BCUT2D eigenvalue weighted by Gasteiger charge is -2.15. The highest BCUT2D eigenvalue weighted by molar-refractivity contribution is 5.91. The van der Waals surface area contributed by atoms with E-state index in [0.717, 1.165) is 29.8 Å². The minimum atomic E-state index is -0.715. The number of nitrogens with one attached hydrogen (secondary N) is 1. The maximum absolute atomic E-state index is 13.4. The van der Waals surface area contributed by atoms with E-state index in [1.165, 1.54) is 6.07 Å². The van der Waals surface area contributed by atoms with Crippen LogP contribution in [0.1, 0.15) is 17.2 Å². The van der Waals surface area contributed by atoms with Crippen molar-refractivity contribution in [3.05, 3.63) is 77.4 Å². The second kappa shape index (κ2) is 8.19. The summed E-state index contributed by atoms with van der Waals surface area (Å²) in [7, 11) is 1.55. The first-order valence-electron chi connectivity index (χ1n) is 7.09. The van der Waals surface area contributed by atoms with Crippen molar-refractivity contribution in [1.29, 1.82) is 0 Å². The van der Waals surface area contributed by atoms with Gasteiger partial charge in [-0.3, -0.25) is 4.79 Å². The highest BCUT2D eigenvalue weighted by Crippen LogP contribution is 2.15. The van der Waals surface area contributed by atoms with Crippen LogP contribution in [-0.2, 0) is 9.53 Å². The zero-order chi connectivity index (χ0) is 16.7. The summed E-state index contributed by atoms with van der Waals surface area (Å²) in [6.07, 6.45) is 1.92. The van der Waals surface area contributed by atoms with Crippen LogP contribution in [-0.4, -0.2) is 19.6 Å². The van der Waals surface area contributed by atoms with E-state index in [1.807, 2.05) is 30.3 Å². The van der Waals surface area contributed by atoms with Gasteiger partial charge in [0, 0.05) is 25.3 Å². The molecule has 0 spiro atoms. The van der Waals surface area contributed by atoms with Crippen molar-refractivity contribution in [1.82, 2.24) is 5.32 Å². The summed E-state index contributed by atoms with van der Waals surface area (Å²) in [5.74, 6) is -1.88. The summed E-state index contributed by atoms with van der Waals surface area (Å²) < 4.78 is 32.2. The van der Waals surface area contributed by atoms with Crippen molar-refractivity contribution >= 4 is 12.0 Å². The van der Waals surface area contributed by atoms with Gasteiger partial charge in [-0.1, -0.05) is 36.4 Å². The smallest absolute Gasteiger partial charge is 0.244 e. The first-order valence-corrected chi connectivity index (χ1v) is 7.09. The van der Waals surface area contributed by atoms with Gasteiger partial charge in [-0.05, 0) is 23.8 Å². The van der Waals surface area contributed by atoms with Crippen molar-refractivity contribution in [2.45, 2.75) is 6.10 Å². The number of rotatable bonds is 6. The topological polar surface area (TPSA) is 38.3 Å². The number of carbonyl (C=O) groups excluding carboxylic acids is 1. The molecule has 0 saturated heterocycles. The fraction of sp³-hybridized carbons (Fsp3) is 0.167. The van der Waals surface area contributed by atoms with Crippen LogP contribution in [0.25, 0.3) is 6.08 Å². The predicted molar refractivity (Wildman–Crippen MR) is 84.6 cm³/mol. The summed E-state index contributed by atoms with van der Waals surface area (Å²) in [4.78, 5) is 11.8. The summed E-state index contributed by atoms with van der Waals surface area (Å²) >= 11 is 0. The van der Waals surface area contributed by atoms with Crippen LogP contribution >= 0.6 is 0 Å². The van der Waals surface area contributed by atoms with E-state index < -0.39 is 17.5 Å². The summed E-state index contributed by atoms with van der Waals surface area (Å²) in [6.45, 7) is 0.253. The highest BCUT2D eigenvalue weighted by atomic mass is 19.1. The molecule has 2 aromatic rings. The lowest BCUT2D eigenvalue weighted by atomic mass is 10.1. The molecule has 120 valence electrons. The fourth-order valence-corrected chi connectivity index (χ4v) is 2.09. The molecule has 0 aliphatic carbocycles. The molecule has 0 heterocycles. The maximum atomic E-state index is 13.4. The van der Waals surface area contributed by atoms with Gasteiger partial charge in [0.05, 0.1) is 6.10 Å². The van der Waals surface area contributed by atoms with Gasteiger partial charge in [0.1, 0.15) is 11.6 Å². The van der Waals surface area contributed by atoms with E-state index >= 15 is 0 Å². The molecule has 0 fully saturated rings. The molecule has 1 amide bonds. The summed E-state index contributed by atoms with van der Waals surface area (Å²) in [6, 6.07) is 13.0. The number of hydrogen-bond acceptors (Lipinski definition) is 2. The number of hydrogen-bond donors (Lipinski definition) is 1. The van der Waals surface area contributed by atoms with E-state index in [-0.39, 0.29) is 18.2 Å². The monoisotopic (exact) mass is 317 g/mol. The average Bonchev–Trinajstić information content (AvgIpc) is 2.56. The van der Waals surface area contributed by atoms with Gasteiger partial charge >= 0.3 is 0 Å². The molecule has 2 aromatic carbocycles. The van der Waals surface area contributed by atoms with Gasteiger partial charge in [-0.2, -0.15) is 0 Å². The van der Waals surface area contributed by atoms with Gasteiger partial charge in [0.2, 0.25) is 5.91 Å². The molecule has 0 saturated carbocycles. The Morgan fingerprint density at radius 3 is 2.39 bits per heavy atom. The van der Waals surface area contributed by atoms with Crippen LogP contribution in [0.3, 0.4) is 0 Å². The Labute approximate surface area is 133 Å². The van der Waals surface area contributed by atoms with E-state index in [9.17, 15) is 13.6 Å². The van der Waals surface area contributed by atoms with Crippen molar-refractivity contribution in [2.24, 2.45) is 0 Å². The van der Waals surface area contributed by atoms with E-state index in [0.29, 0.717) is 0 Å². The average molecular weight is 317 g/mol. The molecular formula is C18H17F2NO2. The Hall–Kier alpha value is -2.53. The van der Waals surface area contributed by atoms with Crippen LogP contribution in [0, 0.1) is 11.6 Å². The molecular weight excluding hydrogens is 300 g/mol. The Kier molecular flexibility index (Phi) is 6.00. The van der Waals surface area contributed by atoms with Gasteiger partial charge < -0.3 is 10.1 Å². The molecule has 0 bridgehead atoms. The molecule has 1 atom stereocenters. The first kappa shape index (κ1) is 16.8. The molecule has 3 nitrogen and oxygen atoms in total. The molecule has 0 aliphatic heterocycles. The van der Waals surface area contributed by atoms with E-state index in [4.69, 9.17) is 4.74 Å². The van der Waals surface area contributed by atoms with Gasteiger partial charge in [-0.25, -0.2) is 8.78 Å². The molecule has 0 aromatic heterocycles. The fourth-order valence-electron chi connectivity index (χ4n) is 2.09. The molecule has 1 unspecified atom stereocenters. The Bertz CT molecular complexity index is 666. The molecule has 0 radical (unpaired) electrons. The van der Waals surface area contributed by atoms with Crippen LogP contribution in [0.2, 0.25) is 0 Å². The number of ether oxygens (including phenoxy) is 1. The van der Waals surface area contributed by atoms with Crippen LogP contribution < -0.4 is 5.32 Å². The summed E-state index contributed by atoms with van der Waals surface area (Å²) in [5, 5.41) is 2.65. The Morgan fingerprint density at radius 2 is 1.78 bits per heavy atom. The second-order valence-electron chi connectivity index (χ2n) is 4.85. The third-order valence-electron chi connectivity index (χ3n) is 3.32. The largest absolute Gasteiger partial charge is 0.375 e. The normalized spacial score (nSPS) is 12.3. The first-order chi connectivity index (χ1) is 11.1. The number of amides is 1. The predicted octanol–water partition coefficient (Wildman–Crippen LogP) is 3.48. The molecule has 2 rings (SSSR count). The van der Waals surface area contributed by atoms with Crippen molar-refractivity contribution in [2.75, 3.05) is 13.7 Å². The quantitative estimate of drug-likeness (QED) is 0.828.